The minimum Gasteiger partial charge on any atom is -0.493 e. The van der Waals surface area contributed by atoms with Gasteiger partial charge in [-0.15, -0.1) is 0 Å². The van der Waals surface area contributed by atoms with E-state index >= 15 is 0 Å². The van der Waals surface area contributed by atoms with E-state index in [-0.39, 0.29) is 5.75 Å². The van der Waals surface area contributed by atoms with E-state index in [2.05, 4.69) is 17.0 Å². The smallest absolute Gasteiger partial charge is 0.148 e. The lowest BCUT2D eigenvalue weighted by atomic mass is 10.1. The molecule has 2 rings (SSSR count). The third kappa shape index (κ3) is 4.51. The average molecular weight is 283 g/mol. The summed E-state index contributed by atoms with van der Waals surface area (Å²) in [6, 6.07) is 6.33. The number of fused-ring (bicyclic) bond motifs is 1. The molecular weight excluding hydrogens is 262 g/mol. The molecular formula is C14H21NO3S. The van der Waals surface area contributed by atoms with E-state index in [0.717, 1.165) is 31.7 Å². The van der Waals surface area contributed by atoms with Gasteiger partial charge in [-0.2, -0.15) is 0 Å². The minimum atomic E-state index is -2.87. The van der Waals surface area contributed by atoms with Crippen molar-refractivity contribution < 1.29 is 13.2 Å². The summed E-state index contributed by atoms with van der Waals surface area (Å²) in [7, 11) is -0.908. The molecule has 0 N–H and O–H groups in total. The molecule has 0 fully saturated rings. The molecule has 1 heterocycles. The zero-order valence-corrected chi connectivity index (χ0v) is 12.4. The number of hydrogen-bond acceptors (Lipinski definition) is 4. The quantitative estimate of drug-likeness (QED) is 0.785. The molecule has 0 spiro atoms. The van der Waals surface area contributed by atoms with Crippen molar-refractivity contribution >= 4 is 9.84 Å². The Labute approximate surface area is 115 Å². The van der Waals surface area contributed by atoms with Gasteiger partial charge in [0.05, 0.1) is 12.4 Å². The Balaban J connectivity index is 1.82. The van der Waals surface area contributed by atoms with Crippen molar-refractivity contribution in [2.45, 2.75) is 12.8 Å². The highest BCUT2D eigenvalue weighted by atomic mass is 32.2. The van der Waals surface area contributed by atoms with Gasteiger partial charge < -0.3 is 9.64 Å². The summed E-state index contributed by atoms with van der Waals surface area (Å²) < 4.78 is 27.7. The van der Waals surface area contributed by atoms with Crippen LogP contribution in [0.15, 0.2) is 18.2 Å². The molecule has 0 atom stereocenters. The summed E-state index contributed by atoms with van der Waals surface area (Å²) in [6.45, 7) is 2.25. The maximum absolute atomic E-state index is 11.1. The molecule has 1 aromatic rings. The summed E-state index contributed by atoms with van der Waals surface area (Å²) in [6.07, 6.45) is 3.21. The fourth-order valence-electron chi connectivity index (χ4n) is 2.15. The lowest BCUT2D eigenvalue weighted by Crippen LogP contribution is -2.27. The van der Waals surface area contributed by atoms with Crippen LogP contribution in [0.5, 0.6) is 5.75 Å². The van der Waals surface area contributed by atoms with Crippen molar-refractivity contribution in [3.8, 4) is 5.75 Å². The maximum Gasteiger partial charge on any atom is 0.148 e. The Hall–Kier alpha value is -1.07. The zero-order chi connectivity index (χ0) is 13.9. The van der Waals surface area contributed by atoms with E-state index in [0.29, 0.717) is 6.54 Å². The summed E-state index contributed by atoms with van der Waals surface area (Å²) >= 11 is 0. The molecule has 1 aliphatic rings. The number of nitrogens with zero attached hydrogens (tertiary/aromatic N) is 1. The van der Waals surface area contributed by atoms with Gasteiger partial charge in [0.1, 0.15) is 15.6 Å². The largest absolute Gasteiger partial charge is 0.493 e. The van der Waals surface area contributed by atoms with E-state index in [1.807, 2.05) is 13.1 Å². The van der Waals surface area contributed by atoms with Crippen molar-refractivity contribution in [1.82, 2.24) is 4.90 Å². The molecule has 1 aliphatic heterocycles. The molecule has 0 saturated carbocycles. The van der Waals surface area contributed by atoms with Crippen molar-refractivity contribution in [3.63, 3.8) is 0 Å². The van der Waals surface area contributed by atoms with E-state index in [1.165, 1.54) is 17.4 Å². The highest BCUT2D eigenvalue weighted by Gasteiger charge is 2.12. The van der Waals surface area contributed by atoms with Gasteiger partial charge in [0.2, 0.25) is 0 Å². The van der Waals surface area contributed by atoms with Crippen LogP contribution in [0, 0.1) is 0 Å². The molecule has 106 valence electrons. The maximum atomic E-state index is 11.1. The fourth-order valence-corrected chi connectivity index (χ4v) is 2.79. The topological polar surface area (TPSA) is 46.6 Å². The molecule has 0 radical (unpaired) electrons. The highest BCUT2D eigenvalue weighted by molar-refractivity contribution is 7.90. The number of rotatable bonds is 6. The molecule has 0 aliphatic carbocycles. The van der Waals surface area contributed by atoms with E-state index < -0.39 is 9.84 Å². The number of ether oxygens (including phenoxy) is 1. The standard InChI is InChI=1S/C14H21NO3S/c1-15(8-10-19(2,16)17)7-5-12-3-4-14-13(11-12)6-9-18-14/h3-4,11H,5-10H2,1-2H3. The first kappa shape index (κ1) is 14.3. The first-order chi connectivity index (χ1) is 8.94. The summed E-state index contributed by atoms with van der Waals surface area (Å²) in [5.74, 6) is 1.23. The molecule has 0 aromatic heterocycles. The van der Waals surface area contributed by atoms with Gasteiger partial charge in [-0.3, -0.25) is 0 Å². The van der Waals surface area contributed by atoms with Crippen molar-refractivity contribution in [2.75, 3.05) is 38.8 Å². The second kappa shape index (κ2) is 5.92. The third-order valence-electron chi connectivity index (χ3n) is 3.38. The van der Waals surface area contributed by atoms with E-state index in [1.54, 1.807) is 0 Å². The van der Waals surface area contributed by atoms with Gasteiger partial charge in [-0.05, 0) is 30.7 Å². The number of hydrogen-bond donors (Lipinski definition) is 0. The summed E-state index contributed by atoms with van der Waals surface area (Å²) in [4.78, 5) is 2.06. The molecule has 0 bridgehead atoms. The van der Waals surface area contributed by atoms with Crippen molar-refractivity contribution in [2.24, 2.45) is 0 Å². The monoisotopic (exact) mass is 283 g/mol. The second-order valence-corrected chi connectivity index (χ2v) is 7.48. The van der Waals surface area contributed by atoms with Crippen LogP contribution in [-0.2, 0) is 22.7 Å². The number of benzene rings is 1. The Morgan fingerprint density at radius 1 is 1.32 bits per heavy atom. The Morgan fingerprint density at radius 3 is 2.84 bits per heavy atom. The van der Waals surface area contributed by atoms with Crippen LogP contribution < -0.4 is 4.74 Å². The Bertz CT molecular complexity index is 540. The molecule has 1 aromatic carbocycles. The van der Waals surface area contributed by atoms with Crippen LogP contribution in [0.3, 0.4) is 0 Å². The van der Waals surface area contributed by atoms with Crippen LogP contribution in [0.2, 0.25) is 0 Å². The van der Waals surface area contributed by atoms with Crippen LogP contribution in [0.1, 0.15) is 11.1 Å². The second-order valence-electron chi connectivity index (χ2n) is 5.22. The van der Waals surface area contributed by atoms with Crippen molar-refractivity contribution in [3.05, 3.63) is 29.3 Å². The van der Waals surface area contributed by atoms with Gasteiger partial charge in [0.15, 0.2) is 0 Å². The van der Waals surface area contributed by atoms with E-state index in [4.69, 9.17) is 4.74 Å². The number of likely N-dealkylation sites (N-methyl/N-ethyl adjacent to an activating group) is 1. The van der Waals surface area contributed by atoms with Gasteiger partial charge in [-0.1, -0.05) is 12.1 Å². The third-order valence-corrected chi connectivity index (χ3v) is 4.30. The van der Waals surface area contributed by atoms with Crippen LogP contribution in [0.25, 0.3) is 0 Å². The molecule has 0 saturated heterocycles. The lowest BCUT2D eigenvalue weighted by molar-refractivity contribution is 0.356. The first-order valence-electron chi connectivity index (χ1n) is 6.55. The van der Waals surface area contributed by atoms with Crippen LogP contribution in [0.4, 0.5) is 0 Å². The number of sulfone groups is 1. The van der Waals surface area contributed by atoms with Gasteiger partial charge in [0.25, 0.3) is 0 Å². The Morgan fingerprint density at radius 2 is 2.11 bits per heavy atom. The van der Waals surface area contributed by atoms with Gasteiger partial charge in [-0.25, -0.2) is 8.42 Å². The first-order valence-corrected chi connectivity index (χ1v) is 8.61. The van der Waals surface area contributed by atoms with Gasteiger partial charge in [0, 0.05) is 25.8 Å². The molecule has 0 amide bonds. The molecule has 4 nitrogen and oxygen atoms in total. The average Bonchev–Trinajstić information content (AvgIpc) is 2.80. The highest BCUT2D eigenvalue weighted by Crippen LogP contribution is 2.25. The molecule has 5 heteroatoms. The predicted molar refractivity (Wildman–Crippen MR) is 76.6 cm³/mol. The normalized spacial score (nSPS) is 14.5. The SMILES string of the molecule is CN(CCc1ccc2c(c1)CCO2)CCS(C)(=O)=O. The van der Waals surface area contributed by atoms with Gasteiger partial charge >= 0.3 is 0 Å². The Kier molecular flexibility index (Phi) is 4.47. The van der Waals surface area contributed by atoms with Crippen LogP contribution in [-0.4, -0.2) is 52.1 Å². The summed E-state index contributed by atoms with van der Waals surface area (Å²) in [5, 5.41) is 0. The summed E-state index contributed by atoms with van der Waals surface area (Å²) in [5.41, 5.74) is 2.58. The van der Waals surface area contributed by atoms with Crippen LogP contribution >= 0.6 is 0 Å². The minimum absolute atomic E-state index is 0.224. The van der Waals surface area contributed by atoms with Crippen molar-refractivity contribution in [1.29, 1.82) is 0 Å². The zero-order valence-electron chi connectivity index (χ0n) is 11.6. The lowest BCUT2D eigenvalue weighted by Gasteiger charge is -2.16. The fraction of sp³-hybridized carbons (Fsp3) is 0.571. The predicted octanol–water partition coefficient (Wildman–Crippen LogP) is 1.14. The molecule has 0 unspecified atom stereocenters. The van der Waals surface area contributed by atoms with E-state index in [9.17, 15) is 8.42 Å². The molecule has 19 heavy (non-hydrogen) atoms.